The molecule has 4 nitrogen and oxygen atoms in total. The number of fused-ring (bicyclic) bond motifs is 1. The number of aromatic hydroxyl groups is 1. The van der Waals surface area contributed by atoms with Crippen LogP contribution in [0.15, 0.2) is 71.1 Å². The summed E-state index contributed by atoms with van der Waals surface area (Å²) in [5.41, 5.74) is 3.42. The van der Waals surface area contributed by atoms with Gasteiger partial charge < -0.3 is 14.3 Å². The van der Waals surface area contributed by atoms with Crippen LogP contribution in [0.3, 0.4) is 0 Å². The summed E-state index contributed by atoms with van der Waals surface area (Å²) in [4.78, 5) is 11.5. The lowest BCUT2D eigenvalue weighted by Gasteiger charge is -2.05. The third kappa shape index (κ3) is 2.62. The smallest absolute Gasteiger partial charge is 0.153 e. The molecule has 0 aliphatic carbocycles. The maximum atomic E-state index is 11.5. The number of carbonyl (C=O) groups is 1. The first kappa shape index (κ1) is 16.0. The van der Waals surface area contributed by atoms with Gasteiger partial charge in [-0.3, -0.25) is 4.79 Å². The van der Waals surface area contributed by atoms with Gasteiger partial charge in [0.15, 0.2) is 6.29 Å². The number of carbonyl (C=O) groups excluding carboxylic acids is 1. The van der Waals surface area contributed by atoms with Crippen LogP contribution in [0.4, 0.5) is 0 Å². The fourth-order valence-corrected chi connectivity index (χ4v) is 3.14. The van der Waals surface area contributed by atoms with E-state index in [1.54, 1.807) is 13.2 Å². The highest BCUT2D eigenvalue weighted by Gasteiger charge is 2.20. The van der Waals surface area contributed by atoms with Gasteiger partial charge in [-0.15, -0.1) is 0 Å². The second-order valence-corrected chi connectivity index (χ2v) is 5.93. The van der Waals surface area contributed by atoms with E-state index in [1.807, 2.05) is 54.6 Å². The molecule has 0 fully saturated rings. The molecule has 0 atom stereocenters. The molecule has 0 aliphatic heterocycles. The predicted molar refractivity (Wildman–Crippen MR) is 101 cm³/mol. The maximum Gasteiger partial charge on any atom is 0.153 e. The van der Waals surface area contributed by atoms with Crippen molar-refractivity contribution >= 4 is 17.3 Å². The van der Waals surface area contributed by atoms with Crippen molar-refractivity contribution in [3.8, 4) is 33.9 Å². The standard InChI is InChI=1S/C22H16O4/c1-25-18-9-7-15(8-10-18)22-20(14-5-3-2-4-6-14)19-12-17(24)11-16(13-23)21(19)26-22/h2-13,24H,1H3. The van der Waals surface area contributed by atoms with Crippen molar-refractivity contribution in [3.05, 3.63) is 72.3 Å². The summed E-state index contributed by atoms with van der Waals surface area (Å²) >= 11 is 0. The number of rotatable bonds is 4. The van der Waals surface area contributed by atoms with Gasteiger partial charge in [0.25, 0.3) is 0 Å². The first-order valence-electron chi connectivity index (χ1n) is 8.16. The van der Waals surface area contributed by atoms with Gasteiger partial charge in [-0.25, -0.2) is 0 Å². The van der Waals surface area contributed by atoms with Crippen molar-refractivity contribution in [3.63, 3.8) is 0 Å². The van der Waals surface area contributed by atoms with E-state index in [2.05, 4.69) is 0 Å². The average molecular weight is 344 g/mol. The molecule has 0 saturated heterocycles. The number of phenolic OH excluding ortho intramolecular Hbond substituents is 1. The molecule has 0 radical (unpaired) electrons. The molecule has 0 amide bonds. The molecule has 4 heteroatoms. The maximum absolute atomic E-state index is 11.5. The molecule has 0 unspecified atom stereocenters. The van der Waals surface area contributed by atoms with Crippen LogP contribution in [0.5, 0.6) is 11.5 Å². The molecule has 0 spiro atoms. The Morgan fingerprint density at radius 2 is 1.69 bits per heavy atom. The van der Waals surface area contributed by atoms with Crippen LogP contribution >= 0.6 is 0 Å². The number of aldehydes is 1. The van der Waals surface area contributed by atoms with Gasteiger partial charge in [0.2, 0.25) is 0 Å². The Kier molecular flexibility index (Phi) is 3.93. The highest BCUT2D eigenvalue weighted by Crippen LogP contribution is 2.43. The van der Waals surface area contributed by atoms with Crippen LogP contribution in [0.2, 0.25) is 0 Å². The Bertz CT molecular complexity index is 1080. The van der Waals surface area contributed by atoms with Gasteiger partial charge in [0.05, 0.1) is 12.7 Å². The van der Waals surface area contributed by atoms with Crippen molar-refractivity contribution in [1.29, 1.82) is 0 Å². The zero-order valence-corrected chi connectivity index (χ0v) is 14.1. The fraction of sp³-hybridized carbons (Fsp3) is 0.0455. The van der Waals surface area contributed by atoms with Gasteiger partial charge in [0, 0.05) is 16.5 Å². The van der Waals surface area contributed by atoms with Gasteiger partial charge in [0.1, 0.15) is 22.8 Å². The minimum Gasteiger partial charge on any atom is -0.508 e. The van der Waals surface area contributed by atoms with E-state index in [0.29, 0.717) is 28.6 Å². The monoisotopic (exact) mass is 344 g/mol. The Hall–Kier alpha value is -3.53. The van der Waals surface area contributed by atoms with Gasteiger partial charge in [-0.05, 0) is 42.0 Å². The van der Waals surface area contributed by atoms with Crippen LogP contribution < -0.4 is 4.74 Å². The molecule has 0 bridgehead atoms. The third-order valence-corrected chi connectivity index (χ3v) is 4.34. The molecule has 3 aromatic carbocycles. The van der Waals surface area contributed by atoms with Crippen LogP contribution in [0.1, 0.15) is 10.4 Å². The normalized spacial score (nSPS) is 10.8. The van der Waals surface area contributed by atoms with E-state index in [9.17, 15) is 9.90 Å². The highest BCUT2D eigenvalue weighted by atomic mass is 16.5. The quantitative estimate of drug-likeness (QED) is 0.511. The number of benzene rings is 3. The van der Waals surface area contributed by atoms with Crippen LogP contribution in [0.25, 0.3) is 33.4 Å². The van der Waals surface area contributed by atoms with Gasteiger partial charge in [-0.2, -0.15) is 0 Å². The van der Waals surface area contributed by atoms with Crippen LogP contribution in [-0.4, -0.2) is 18.5 Å². The highest BCUT2D eigenvalue weighted by molar-refractivity contribution is 6.07. The molecule has 1 N–H and O–H groups in total. The lowest BCUT2D eigenvalue weighted by molar-refractivity contribution is 0.112. The van der Waals surface area contributed by atoms with Crippen molar-refractivity contribution in [1.82, 2.24) is 0 Å². The number of hydrogen-bond acceptors (Lipinski definition) is 4. The van der Waals surface area contributed by atoms with Crippen molar-refractivity contribution in [2.24, 2.45) is 0 Å². The Balaban J connectivity index is 2.06. The zero-order chi connectivity index (χ0) is 18.1. The lowest BCUT2D eigenvalue weighted by Crippen LogP contribution is -1.84. The number of methoxy groups -OCH3 is 1. The fourth-order valence-electron chi connectivity index (χ4n) is 3.14. The molecule has 0 saturated carbocycles. The van der Waals surface area contributed by atoms with Crippen LogP contribution in [0, 0.1) is 0 Å². The molecule has 1 heterocycles. The molecule has 4 aromatic rings. The summed E-state index contributed by atoms with van der Waals surface area (Å²) in [5, 5.41) is 10.7. The SMILES string of the molecule is COc1ccc(-c2oc3c(C=O)cc(O)cc3c2-c2ccccc2)cc1. The Morgan fingerprint density at radius 1 is 0.962 bits per heavy atom. The number of ether oxygens (including phenoxy) is 1. The minimum absolute atomic E-state index is 0.0267. The molecule has 128 valence electrons. The molecule has 0 aliphatic rings. The molecule has 26 heavy (non-hydrogen) atoms. The van der Waals surface area contributed by atoms with Gasteiger partial charge in [-0.1, -0.05) is 30.3 Å². The Labute approximate surface area is 150 Å². The summed E-state index contributed by atoms with van der Waals surface area (Å²) in [6.07, 6.45) is 0.693. The zero-order valence-electron chi connectivity index (χ0n) is 14.1. The second kappa shape index (κ2) is 6.41. The van der Waals surface area contributed by atoms with Crippen molar-refractivity contribution in [2.45, 2.75) is 0 Å². The molecule has 1 aromatic heterocycles. The summed E-state index contributed by atoms with van der Waals surface area (Å²) in [7, 11) is 1.62. The van der Waals surface area contributed by atoms with Crippen molar-refractivity contribution in [2.75, 3.05) is 7.11 Å². The van der Waals surface area contributed by atoms with E-state index in [0.717, 1.165) is 22.4 Å². The van der Waals surface area contributed by atoms with Crippen molar-refractivity contribution < 1.29 is 19.1 Å². The summed E-state index contributed by atoms with van der Waals surface area (Å²) < 4.78 is 11.3. The molecular weight excluding hydrogens is 328 g/mol. The summed E-state index contributed by atoms with van der Waals surface area (Å²) in [5.74, 6) is 1.42. The predicted octanol–water partition coefficient (Wildman–Crippen LogP) is 5.29. The average Bonchev–Trinajstić information content (AvgIpc) is 3.07. The minimum atomic E-state index is 0.0267. The second-order valence-electron chi connectivity index (χ2n) is 5.93. The first-order valence-corrected chi connectivity index (χ1v) is 8.16. The van der Waals surface area contributed by atoms with E-state index in [1.165, 1.54) is 6.07 Å². The largest absolute Gasteiger partial charge is 0.508 e. The van der Waals surface area contributed by atoms with E-state index in [-0.39, 0.29) is 5.75 Å². The van der Waals surface area contributed by atoms with E-state index < -0.39 is 0 Å². The number of phenols is 1. The topological polar surface area (TPSA) is 59.7 Å². The van der Waals surface area contributed by atoms with E-state index >= 15 is 0 Å². The number of furan rings is 1. The first-order chi connectivity index (χ1) is 12.7. The van der Waals surface area contributed by atoms with E-state index in [4.69, 9.17) is 9.15 Å². The molecular formula is C22H16O4. The van der Waals surface area contributed by atoms with Gasteiger partial charge >= 0.3 is 0 Å². The Morgan fingerprint density at radius 3 is 2.35 bits per heavy atom. The number of hydrogen-bond donors (Lipinski definition) is 1. The summed E-state index contributed by atoms with van der Waals surface area (Å²) in [6.45, 7) is 0. The molecule has 4 rings (SSSR count). The third-order valence-electron chi connectivity index (χ3n) is 4.34. The summed E-state index contributed by atoms with van der Waals surface area (Å²) in [6, 6.07) is 20.3. The van der Waals surface area contributed by atoms with Crippen LogP contribution in [-0.2, 0) is 0 Å². The lowest BCUT2D eigenvalue weighted by atomic mass is 9.97.